The van der Waals surface area contributed by atoms with Gasteiger partial charge in [-0.25, -0.2) is 25.3 Å². The van der Waals surface area contributed by atoms with Gasteiger partial charge in [0, 0.05) is 37.1 Å². The van der Waals surface area contributed by atoms with E-state index in [9.17, 15) is 38.9 Å². The first-order valence-electron chi connectivity index (χ1n) is 6.31. The third-order valence-corrected chi connectivity index (χ3v) is 4.02. The third-order valence-electron chi connectivity index (χ3n) is 1.66. The van der Waals surface area contributed by atoms with Crippen LogP contribution >= 0.6 is 0 Å². The molecule has 0 atom stereocenters. The minimum absolute atomic E-state index is 0. The predicted molar refractivity (Wildman–Crippen MR) is 78.8 cm³/mol. The van der Waals surface area contributed by atoms with Gasteiger partial charge < -0.3 is 29.0 Å². The standard InChI is InChI=1S/3C3H8O4S.Ni/c3*4-2-1-3-8(5,6)7;/h3*4H,1-3H2,(H,5,6,7);/q;;;+3/p-3. The molecule has 157 valence electrons. The smallest absolute Gasteiger partial charge is 0.748 e. The van der Waals surface area contributed by atoms with Crippen molar-refractivity contribution in [2.75, 3.05) is 37.1 Å². The van der Waals surface area contributed by atoms with Crippen molar-refractivity contribution in [2.24, 2.45) is 0 Å². The van der Waals surface area contributed by atoms with Crippen molar-refractivity contribution < 1.29 is 70.7 Å². The Labute approximate surface area is 157 Å². The van der Waals surface area contributed by atoms with E-state index in [-0.39, 0.29) is 55.6 Å². The van der Waals surface area contributed by atoms with Crippen molar-refractivity contribution in [3.05, 3.63) is 0 Å². The molecule has 0 aromatic heterocycles. The second-order valence-electron chi connectivity index (χ2n) is 4.02. The van der Waals surface area contributed by atoms with E-state index in [1.54, 1.807) is 0 Å². The van der Waals surface area contributed by atoms with Crippen LogP contribution in [0.3, 0.4) is 0 Å². The largest absolute Gasteiger partial charge is 3.00 e. The maximum Gasteiger partial charge on any atom is 3.00 e. The summed E-state index contributed by atoms with van der Waals surface area (Å²) in [5, 5.41) is 24.1. The minimum Gasteiger partial charge on any atom is -0.748 e. The van der Waals surface area contributed by atoms with Crippen LogP contribution in [0.25, 0.3) is 0 Å². The van der Waals surface area contributed by atoms with Crippen LogP contribution in [0.2, 0.25) is 0 Å². The molecule has 0 aliphatic heterocycles. The predicted octanol–water partition coefficient (Wildman–Crippen LogP) is -3.26. The average Bonchev–Trinajstić information content (AvgIpc) is 2.39. The fraction of sp³-hybridized carbons (Fsp3) is 1.00. The van der Waals surface area contributed by atoms with Gasteiger partial charge in [-0.1, -0.05) is 0 Å². The monoisotopic (exact) mass is 475 g/mol. The Kier molecular flexibility index (Phi) is 22.9. The van der Waals surface area contributed by atoms with Crippen molar-refractivity contribution in [1.82, 2.24) is 0 Å². The van der Waals surface area contributed by atoms with E-state index in [1.807, 2.05) is 0 Å². The van der Waals surface area contributed by atoms with E-state index in [0.717, 1.165) is 0 Å². The van der Waals surface area contributed by atoms with E-state index in [2.05, 4.69) is 0 Å². The number of rotatable bonds is 9. The summed E-state index contributed by atoms with van der Waals surface area (Å²) in [6.07, 6.45) is 0.101. The number of aliphatic hydroxyl groups is 3. The second-order valence-corrected chi connectivity index (χ2v) is 8.59. The van der Waals surface area contributed by atoms with E-state index < -0.39 is 47.6 Å². The van der Waals surface area contributed by atoms with Crippen LogP contribution in [0, 0.1) is 0 Å². The first kappa shape index (κ1) is 32.7. The fourth-order valence-corrected chi connectivity index (χ4v) is 2.17. The Hall–Kier alpha value is 0.104. The molecule has 0 amide bonds. The zero-order chi connectivity index (χ0) is 19.9. The van der Waals surface area contributed by atoms with Crippen LogP contribution in [0.15, 0.2) is 0 Å². The molecule has 0 saturated heterocycles. The van der Waals surface area contributed by atoms with Crippen molar-refractivity contribution in [2.45, 2.75) is 19.3 Å². The number of hydrogen-bond acceptors (Lipinski definition) is 12. The average molecular weight is 476 g/mol. The van der Waals surface area contributed by atoms with Crippen molar-refractivity contribution >= 4 is 30.4 Å². The Morgan fingerprint density at radius 3 is 0.720 bits per heavy atom. The molecule has 12 nitrogen and oxygen atoms in total. The van der Waals surface area contributed by atoms with Crippen LogP contribution in [0.4, 0.5) is 0 Å². The third kappa shape index (κ3) is 51.6. The molecule has 0 spiro atoms. The molecule has 25 heavy (non-hydrogen) atoms. The maximum absolute atomic E-state index is 9.72. The molecule has 0 rings (SSSR count). The van der Waals surface area contributed by atoms with Gasteiger partial charge in [-0.15, -0.1) is 0 Å². The molecule has 0 saturated carbocycles. The molecule has 0 fully saturated rings. The number of hydrogen-bond donors (Lipinski definition) is 3. The van der Waals surface area contributed by atoms with Gasteiger partial charge in [-0.2, -0.15) is 0 Å². The summed E-state index contributed by atoms with van der Waals surface area (Å²) in [6.45, 7) is -0.746. The molecule has 0 aliphatic rings. The second kappa shape index (κ2) is 17.5. The van der Waals surface area contributed by atoms with Crippen LogP contribution in [-0.2, 0) is 46.8 Å². The maximum atomic E-state index is 9.72. The molecule has 0 bridgehead atoms. The molecule has 16 heteroatoms. The van der Waals surface area contributed by atoms with Gasteiger partial charge in [-0.3, -0.25) is 0 Å². The summed E-state index contributed by atoms with van der Waals surface area (Å²) in [4.78, 5) is 0. The minimum atomic E-state index is -4.10. The Bertz CT molecular complexity index is 498. The number of aliphatic hydroxyl groups excluding tert-OH is 3. The van der Waals surface area contributed by atoms with Crippen molar-refractivity contribution in [1.29, 1.82) is 0 Å². The molecule has 0 aromatic rings. The quantitative estimate of drug-likeness (QED) is 0.220. The Morgan fingerprint density at radius 2 is 0.680 bits per heavy atom. The normalized spacial score (nSPS) is 11.3. The van der Waals surface area contributed by atoms with Gasteiger partial charge in [0.2, 0.25) is 0 Å². The van der Waals surface area contributed by atoms with Crippen molar-refractivity contribution in [3.8, 4) is 0 Å². The summed E-state index contributed by atoms with van der Waals surface area (Å²) in [5.41, 5.74) is 0. The zero-order valence-electron chi connectivity index (χ0n) is 12.9. The summed E-state index contributed by atoms with van der Waals surface area (Å²) >= 11 is 0. The summed E-state index contributed by atoms with van der Waals surface area (Å²) < 4.78 is 87.5. The molecule has 1 radical (unpaired) electrons. The summed E-state index contributed by atoms with van der Waals surface area (Å²) in [6, 6.07) is 0. The van der Waals surface area contributed by atoms with Crippen LogP contribution in [0.1, 0.15) is 19.3 Å². The summed E-state index contributed by atoms with van der Waals surface area (Å²) in [5.74, 6) is -1.41. The molecule has 3 N–H and O–H groups in total. The van der Waals surface area contributed by atoms with Crippen LogP contribution in [-0.4, -0.2) is 91.3 Å². The van der Waals surface area contributed by atoms with Crippen LogP contribution in [0.5, 0.6) is 0 Å². The van der Waals surface area contributed by atoms with E-state index in [1.165, 1.54) is 0 Å². The van der Waals surface area contributed by atoms with Gasteiger partial charge in [0.25, 0.3) is 0 Å². The Balaban J connectivity index is -0.000000130. The van der Waals surface area contributed by atoms with E-state index in [0.29, 0.717) is 0 Å². The Morgan fingerprint density at radius 1 is 0.520 bits per heavy atom. The molecule has 0 unspecified atom stereocenters. The van der Waals surface area contributed by atoms with E-state index in [4.69, 9.17) is 15.3 Å². The van der Waals surface area contributed by atoms with Gasteiger partial charge >= 0.3 is 16.5 Å². The zero-order valence-corrected chi connectivity index (χ0v) is 16.4. The van der Waals surface area contributed by atoms with Gasteiger partial charge in [0.05, 0.1) is 30.4 Å². The molecular weight excluding hydrogens is 455 g/mol. The van der Waals surface area contributed by atoms with Crippen LogP contribution < -0.4 is 0 Å². The topological polar surface area (TPSA) is 232 Å². The molecule has 0 aromatic carbocycles. The van der Waals surface area contributed by atoms with Gasteiger partial charge in [0.1, 0.15) is 0 Å². The SMILES string of the molecule is O=S(=O)([O-])CCCO.O=S(=O)([O-])CCCO.O=S(=O)([O-])CCCO.[Ni+3]. The van der Waals surface area contributed by atoms with Gasteiger partial charge in [-0.05, 0) is 19.3 Å². The molecule has 0 heterocycles. The molecular formula is C9H21NiO12S3. The first-order chi connectivity index (χ1) is 10.7. The van der Waals surface area contributed by atoms with Gasteiger partial charge in [0.15, 0.2) is 0 Å². The fourth-order valence-electron chi connectivity index (χ4n) is 0.724. The van der Waals surface area contributed by atoms with Crippen molar-refractivity contribution in [3.63, 3.8) is 0 Å². The first-order valence-corrected chi connectivity index (χ1v) is 11.0. The van der Waals surface area contributed by atoms with E-state index >= 15 is 0 Å². The molecule has 0 aliphatic carbocycles. The summed E-state index contributed by atoms with van der Waals surface area (Å²) in [7, 11) is -12.3.